The summed E-state index contributed by atoms with van der Waals surface area (Å²) in [4.78, 5) is 8.64. The van der Waals surface area contributed by atoms with Crippen molar-refractivity contribution < 1.29 is 0 Å². The van der Waals surface area contributed by atoms with Crippen molar-refractivity contribution in [1.29, 1.82) is 0 Å². The zero-order valence-corrected chi connectivity index (χ0v) is 10.5. The molecule has 0 aliphatic rings. The summed E-state index contributed by atoms with van der Waals surface area (Å²) in [6.07, 6.45) is 2.47. The van der Waals surface area contributed by atoms with Crippen LogP contribution in [0.2, 0.25) is 0 Å². The van der Waals surface area contributed by atoms with Gasteiger partial charge in [0.25, 0.3) is 0 Å². The van der Waals surface area contributed by atoms with Crippen molar-refractivity contribution in [3.05, 3.63) is 17.5 Å². The molecule has 4 nitrogen and oxygen atoms in total. The Morgan fingerprint density at radius 1 is 1.06 bits per heavy atom. The SMILES string of the molecule is CCCCNCCNc1nc(C)cc(C)n1. The molecule has 0 saturated heterocycles. The van der Waals surface area contributed by atoms with Crippen LogP contribution in [0.4, 0.5) is 5.95 Å². The molecule has 0 aliphatic heterocycles. The molecule has 1 rings (SSSR count). The Balaban J connectivity index is 2.21. The fourth-order valence-corrected chi connectivity index (χ4v) is 1.49. The predicted molar refractivity (Wildman–Crippen MR) is 67.8 cm³/mol. The van der Waals surface area contributed by atoms with Gasteiger partial charge in [0.2, 0.25) is 5.95 Å². The molecule has 0 bridgehead atoms. The van der Waals surface area contributed by atoms with E-state index in [0.717, 1.165) is 37.0 Å². The fourth-order valence-electron chi connectivity index (χ4n) is 1.49. The van der Waals surface area contributed by atoms with E-state index in [1.54, 1.807) is 0 Å². The van der Waals surface area contributed by atoms with Crippen molar-refractivity contribution >= 4 is 5.95 Å². The molecule has 90 valence electrons. The number of rotatable bonds is 7. The van der Waals surface area contributed by atoms with Gasteiger partial charge in [-0.1, -0.05) is 13.3 Å². The lowest BCUT2D eigenvalue weighted by atomic mass is 10.3. The number of aromatic nitrogens is 2. The monoisotopic (exact) mass is 222 g/mol. The molecule has 0 amide bonds. The quantitative estimate of drug-likeness (QED) is 0.692. The van der Waals surface area contributed by atoms with E-state index in [0.29, 0.717) is 0 Å². The molecule has 4 heteroatoms. The van der Waals surface area contributed by atoms with Crippen LogP contribution >= 0.6 is 0 Å². The van der Waals surface area contributed by atoms with Crippen LogP contribution in [0.1, 0.15) is 31.2 Å². The van der Waals surface area contributed by atoms with Crippen LogP contribution in [0.15, 0.2) is 6.07 Å². The van der Waals surface area contributed by atoms with E-state index in [-0.39, 0.29) is 0 Å². The van der Waals surface area contributed by atoms with Crippen molar-refractivity contribution in [1.82, 2.24) is 15.3 Å². The van der Waals surface area contributed by atoms with Gasteiger partial charge in [-0.2, -0.15) is 0 Å². The Bertz CT molecular complexity index is 292. The maximum atomic E-state index is 4.32. The highest BCUT2D eigenvalue weighted by atomic mass is 15.1. The van der Waals surface area contributed by atoms with Gasteiger partial charge in [-0.25, -0.2) is 9.97 Å². The third-order valence-corrected chi connectivity index (χ3v) is 2.27. The standard InChI is InChI=1S/C12H22N4/c1-4-5-6-13-7-8-14-12-15-10(2)9-11(3)16-12/h9,13H,4-8H2,1-3H3,(H,14,15,16). The first kappa shape index (κ1) is 12.9. The van der Waals surface area contributed by atoms with Gasteiger partial charge in [-0.3, -0.25) is 0 Å². The molecule has 0 spiro atoms. The molecule has 16 heavy (non-hydrogen) atoms. The second-order valence-electron chi connectivity index (χ2n) is 4.00. The molecule has 0 fully saturated rings. The summed E-state index contributed by atoms with van der Waals surface area (Å²) in [6.45, 7) is 9.08. The number of hydrogen-bond donors (Lipinski definition) is 2. The van der Waals surface area contributed by atoms with Crippen molar-refractivity contribution in [2.24, 2.45) is 0 Å². The van der Waals surface area contributed by atoms with E-state index in [9.17, 15) is 0 Å². The molecule has 1 aromatic rings. The van der Waals surface area contributed by atoms with Crippen molar-refractivity contribution in [3.8, 4) is 0 Å². The lowest BCUT2D eigenvalue weighted by Gasteiger charge is -2.07. The average Bonchev–Trinajstić information content (AvgIpc) is 2.22. The molecule has 0 aromatic carbocycles. The Morgan fingerprint density at radius 2 is 1.75 bits per heavy atom. The van der Waals surface area contributed by atoms with Gasteiger partial charge in [-0.15, -0.1) is 0 Å². The third-order valence-electron chi connectivity index (χ3n) is 2.27. The number of nitrogens with one attached hydrogen (secondary N) is 2. The van der Waals surface area contributed by atoms with Crippen LogP contribution in [0, 0.1) is 13.8 Å². The number of anilines is 1. The first-order chi connectivity index (χ1) is 7.72. The van der Waals surface area contributed by atoms with E-state index in [4.69, 9.17) is 0 Å². The highest BCUT2D eigenvalue weighted by Crippen LogP contribution is 2.02. The summed E-state index contributed by atoms with van der Waals surface area (Å²) >= 11 is 0. The van der Waals surface area contributed by atoms with Crippen LogP contribution in [0.5, 0.6) is 0 Å². The molecule has 1 heterocycles. The maximum Gasteiger partial charge on any atom is 0.223 e. The smallest absolute Gasteiger partial charge is 0.223 e. The van der Waals surface area contributed by atoms with Crippen molar-refractivity contribution in [3.63, 3.8) is 0 Å². The number of hydrogen-bond acceptors (Lipinski definition) is 4. The van der Waals surface area contributed by atoms with Gasteiger partial charge in [0, 0.05) is 24.5 Å². The summed E-state index contributed by atoms with van der Waals surface area (Å²) in [5, 5.41) is 6.59. The Kier molecular flexibility index (Phi) is 5.78. The minimum atomic E-state index is 0.731. The summed E-state index contributed by atoms with van der Waals surface area (Å²) < 4.78 is 0. The van der Waals surface area contributed by atoms with Gasteiger partial charge >= 0.3 is 0 Å². The van der Waals surface area contributed by atoms with Gasteiger partial charge in [-0.05, 0) is 32.9 Å². The minimum absolute atomic E-state index is 0.731. The molecule has 2 N–H and O–H groups in total. The molecule has 0 atom stereocenters. The molecular weight excluding hydrogens is 200 g/mol. The summed E-state index contributed by atoms with van der Waals surface area (Å²) in [7, 11) is 0. The van der Waals surface area contributed by atoms with Crippen LogP contribution in [-0.4, -0.2) is 29.6 Å². The van der Waals surface area contributed by atoms with Crippen molar-refractivity contribution in [2.75, 3.05) is 25.0 Å². The second kappa shape index (κ2) is 7.17. The van der Waals surface area contributed by atoms with Gasteiger partial charge in [0.1, 0.15) is 0 Å². The van der Waals surface area contributed by atoms with Crippen LogP contribution in [-0.2, 0) is 0 Å². The van der Waals surface area contributed by atoms with E-state index in [1.807, 2.05) is 19.9 Å². The van der Waals surface area contributed by atoms with E-state index >= 15 is 0 Å². The predicted octanol–water partition coefficient (Wildman–Crippen LogP) is 1.90. The van der Waals surface area contributed by atoms with Gasteiger partial charge in [0.05, 0.1) is 0 Å². The Morgan fingerprint density at radius 3 is 2.38 bits per heavy atom. The maximum absolute atomic E-state index is 4.32. The summed E-state index contributed by atoms with van der Waals surface area (Å²) in [6, 6.07) is 1.98. The lowest BCUT2D eigenvalue weighted by Crippen LogP contribution is -2.23. The van der Waals surface area contributed by atoms with E-state index < -0.39 is 0 Å². The fraction of sp³-hybridized carbons (Fsp3) is 0.667. The van der Waals surface area contributed by atoms with Crippen LogP contribution in [0.25, 0.3) is 0 Å². The zero-order chi connectivity index (χ0) is 11.8. The highest BCUT2D eigenvalue weighted by Gasteiger charge is 1.97. The molecule has 1 aromatic heterocycles. The largest absolute Gasteiger partial charge is 0.353 e. The summed E-state index contributed by atoms with van der Waals surface area (Å²) in [5.74, 6) is 0.731. The average molecular weight is 222 g/mol. The summed E-state index contributed by atoms with van der Waals surface area (Å²) in [5.41, 5.74) is 2.02. The van der Waals surface area contributed by atoms with Gasteiger partial charge < -0.3 is 10.6 Å². The first-order valence-corrected chi connectivity index (χ1v) is 5.99. The third kappa shape index (κ3) is 5.07. The van der Waals surface area contributed by atoms with E-state index in [1.165, 1.54) is 12.8 Å². The lowest BCUT2D eigenvalue weighted by molar-refractivity contribution is 0.651. The molecular formula is C12H22N4. The second-order valence-corrected chi connectivity index (χ2v) is 4.00. The Labute approximate surface area is 97.9 Å². The normalized spacial score (nSPS) is 10.4. The molecule has 0 saturated carbocycles. The zero-order valence-electron chi connectivity index (χ0n) is 10.5. The van der Waals surface area contributed by atoms with Crippen LogP contribution < -0.4 is 10.6 Å². The Hall–Kier alpha value is -1.16. The molecule has 0 radical (unpaired) electrons. The topological polar surface area (TPSA) is 49.8 Å². The van der Waals surface area contributed by atoms with Gasteiger partial charge in [0.15, 0.2) is 0 Å². The van der Waals surface area contributed by atoms with Crippen LogP contribution in [0.3, 0.4) is 0 Å². The van der Waals surface area contributed by atoms with E-state index in [2.05, 4.69) is 27.5 Å². The minimum Gasteiger partial charge on any atom is -0.353 e. The first-order valence-electron chi connectivity index (χ1n) is 5.99. The number of nitrogens with zero attached hydrogens (tertiary/aromatic N) is 2. The highest BCUT2D eigenvalue weighted by molar-refractivity contribution is 5.27. The molecule has 0 unspecified atom stereocenters. The molecule has 0 aliphatic carbocycles. The number of unbranched alkanes of at least 4 members (excludes halogenated alkanes) is 1. The number of aryl methyl sites for hydroxylation is 2. The van der Waals surface area contributed by atoms with Crippen molar-refractivity contribution in [2.45, 2.75) is 33.6 Å².